The van der Waals surface area contributed by atoms with E-state index in [1.807, 2.05) is 13.0 Å². The molecule has 0 amide bonds. The van der Waals surface area contributed by atoms with Gasteiger partial charge in [0, 0.05) is 17.2 Å². The van der Waals surface area contributed by atoms with E-state index >= 15 is 0 Å². The Morgan fingerprint density at radius 1 is 1.10 bits per heavy atom. The number of hydrogen-bond donors (Lipinski definition) is 0. The van der Waals surface area contributed by atoms with Crippen molar-refractivity contribution < 1.29 is 0 Å². The van der Waals surface area contributed by atoms with Gasteiger partial charge in [-0.15, -0.1) is 0 Å². The number of aromatic nitrogens is 3. The molecule has 0 saturated carbocycles. The fourth-order valence-corrected chi connectivity index (χ4v) is 2.59. The molecule has 0 saturated heterocycles. The number of pyridine rings is 1. The summed E-state index contributed by atoms with van der Waals surface area (Å²) in [5.74, 6) is 0.726. The zero-order valence-corrected chi connectivity index (χ0v) is 14.1. The Kier molecular flexibility index (Phi) is 4.57. The van der Waals surface area contributed by atoms with Crippen molar-refractivity contribution in [2.75, 3.05) is 0 Å². The molecule has 2 aromatic heterocycles. The van der Waals surface area contributed by atoms with Gasteiger partial charge in [-0.05, 0) is 30.8 Å². The maximum absolute atomic E-state index is 6.21. The van der Waals surface area contributed by atoms with Crippen LogP contribution in [0.4, 0.5) is 0 Å². The van der Waals surface area contributed by atoms with Crippen LogP contribution in [0.2, 0.25) is 10.2 Å². The van der Waals surface area contributed by atoms with Gasteiger partial charge in [-0.2, -0.15) is 0 Å². The lowest BCUT2D eigenvalue weighted by atomic mass is 9.96. The Morgan fingerprint density at radius 3 is 2.35 bits per heavy atom. The lowest BCUT2D eigenvalue weighted by Crippen LogP contribution is -2.17. The van der Waals surface area contributed by atoms with Crippen LogP contribution in [0.15, 0.2) is 28.4 Å². The molecule has 0 spiro atoms. The van der Waals surface area contributed by atoms with E-state index < -0.39 is 0 Å². The molecule has 2 heterocycles. The lowest BCUT2D eigenvalue weighted by molar-refractivity contribution is 0.537. The van der Waals surface area contributed by atoms with E-state index in [1.165, 1.54) is 11.8 Å². The molecule has 2 aromatic rings. The maximum Gasteiger partial charge on any atom is 0.136 e. The highest BCUT2D eigenvalue weighted by atomic mass is 35.5. The highest BCUT2D eigenvalue weighted by Crippen LogP contribution is 2.32. The average Bonchev–Trinajstić information content (AvgIpc) is 2.36. The van der Waals surface area contributed by atoms with Gasteiger partial charge in [0.15, 0.2) is 0 Å². The Morgan fingerprint density at radius 2 is 1.80 bits per heavy atom. The molecule has 0 atom stereocenters. The van der Waals surface area contributed by atoms with E-state index in [0.29, 0.717) is 10.2 Å². The van der Waals surface area contributed by atoms with Gasteiger partial charge < -0.3 is 0 Å². The molecule has 0 aliphatic carbocycles. The third kappa shape index (κ3) is 3.62. The number of halogens is 2. The molecule has 3 nitrogen and oxygen atoms in total. The number of rotatable bonds is 2. The SMILES string of the molecule is Cc1c(Cl)nc(C(C)(C)C)nc1Sc1ccc(Cl)cn1. The van der Waals surface area contributed by atoms with Crippen LogP contribution in [0.25, 0.3) is 0 Å². The van der Waals surface area contributed by atoms with E-state index in [4.69, 9.17) is 23.2 Å². The standard InChI is InChI=1S/C14H15Cl2N3S/c1-8-11(16)18-13(14(2,3)4)19-12(8)20-10-6-5-9(15)7-17-10/h5-7H,1-4H3. The highest BCUT2D eigenvalue weighted by Gasteiger charge is 2.21. The molecule has 0 N–H and O–H groups in total. The summed E-state index contributed by atoms with van der Waals surface area (Å²) in [6.07, 6.45) is 1.62. The van der Waals surface area contributed by atoms with Crippen molar-refractivity contribution in [1.29, 1.82) is 0 Å². The van der Waals surface area contributed by atoms with Crippen LogP contribution in [0.5, 0.6) is 0 Å². The lowest BCUT2D eigenvalue weighted by Gasteiger charge is -2.18. The average molecular weight is 328 g/mol. The van der Waals surface area contributed by atoms with Gasteiger partial charge in [-0.3, -0.25) is 0 Å². The molecule has 0 fully saturated rings. The van der Waals surface area contributed by atoms with Crippen molar-refractivity contribution >= 4 is 35.0 Å². The fraction of sp³-hybridized carbons (Fsp3) is 0.357. The summed E-state index contributed by atoms with van der Waals surface area (Å²) in [6.45, 7) is 8.09. The summed E-state index contributed by atoms with van der Waals surface area (Å²) in [7, 11) is 0. The number of nitrogens with zero attached hydrogens (tertiary/aromatic N) is 3. The topological polar surface area (TPSA) is 38.7 Å². The molecule has 20 heavy (non-hydrogen) atoms. The maximum atomic E-state index is 6.21. The minimum absolute atomic E-state index is 0.153. The Labute approximate surface area is 133 Å². The van der Waals surface area contributed by atoms with E-state index in [9.17, 15) is 0 Å². The van der Waals surface area contributed by atoms with Crippen molar-refractivity contribution in [2.45, 2.75) is 43.2 Å². The van der Waals surface area contributed by atoms with Crippen LogP contribution in [0, 0.1) is 6.92 Å². The third-order valence-electron chi connectivity index (χ3n) is 2.61. The second-order valence-corrected chi connectivity index (χ2v) is 7.24. The summed E-state index contributed by atoms with van der Waals surface area (Å²) < 4.78 is 0. The summed E-state index contributed by atoms with van der Waals surface area (Å²) in [5, 5.41) is 2.75. The van der Waals surface area contributed by atoms with Crippen LogP contribution in [0.1, 0.15) is 32.2 Å². The molecular formula is C14H15Cl2N3S. The Bertz CT molecular complexity index is 622. The quantitative estimate of drug-likeness (QED) is 0.732. The Balaban J connectivity index is 2.40. The predicted octanol–water partition coefficient (Wildman–Crippen LogP) is 4.94. The first kappa shape index (κ1) is 15.5. The molecule has 0 aliphatic rings. The van der Waals surface area contributed by atoms with Crippen molar-refractivity contribution in [3.05, 3.63) is 39.9 Å². The van der Waals surface area contributed by atoms with E-state index in [-0.39, 0.29) is 5.41 Å². The first-order valence-electron chi connectivity index (χ1n) is 6.11. The monoisotopic (exact) mass is 327 g/mol. The highest BCUT2D eigenvalue weighted by molar-refractivity contribution is 7.99. The van der Waals surface area contributed by atoms with E-state index in [1.54, 1.807) is 12.3 Å². The van der Waals surface area contributed by atoms with Gasteiger partial charge in [0.1, 0.15) is 21.0 Å². The second-order valence-electron chi connectivity index (χ2n) is 5.43. The first-order chi connectivity index (χ1) is 9.27. The van der Waals surface area contributed by atoms with Gasteiger partial charge in [0.2, 0.25) is 0 Å². The van der Waals surface area contributed by atoms with Crippen molar-refractivity contribution in [3.63, 3.8) is 0 Å². The third-order valence-corrected chi connectivity index (χ3v) is 4.25. The molecule has 2 rings (SSSR count). The minimum atomic E-state index is -0.153. The van der Waals surface area contributed by atoms with Crippen molar-refractivity contribution in [2.24, 2.45) is 0 Å². The van der Waals surface area contributed by atoms with Gasteiger partial charge in [-0.25, -0.2) is 15.0 Å². The second kappa shape index (κ2) is 5.88. The van der Waals surface area contributed by atoms with E-state index in [2.05, 4.69) is 35.7 Å². The minimum Gasteiger partial charge on any atom is -0.248 e. The molecule has 0 aromatic carbocycles. The van der Waals surface area contributed by atoms with Gasteiger partial charge in [-0.1, -0.05) is 44.0 Å². The molecular weight excluding hydrogens is 313 g/mol. The molecule has 0 aliphatic heterocycles. The summed E-state index contributed by atoms with van der Waals surface area (Å²) in [4.78, 5) is 13.2. The smallest absolute Gasteiger partial charge is 0.136 e. The zero-order chi connectivity index (χ0) is 14.9. The van der Waals surface area contributed by atoms with Crippen LogP contribution >= 0.6 is 35.0 Å². The molecule has 0 unspecified atom stereocenters. The Hall–Kier alpha value is -0.840. The zero-order valence-electron chi connectivity index (χ0n) is 11.7. The summed E-state index contributed by atoms with van der Waals surface area (Å²) in [6, 6.07) is 3.67. The molecule has 6 heteroatoms. The van der Waals surface area contributed by atoms with Gasteiger partial charge in [0.05, 0.1) is 5.02 Å². The van der Waals surface area contributed by atoms with Crippen LogP contribution < -0.4 is 0 Å². The van der Waals surface area contributed by atoms with Crippen LogP contribution in [-0.4, -0.2) is 15.0 Å². The van der Waals surface area contributed by atoms with Crippen molar-refractivity contribution in [3.8, 4) is 0 Å². The molecule has 106 valence electrons. The summed E-state index contributed by atoms with van der Waals surface area (Å²) in [5.41, 5.74) is 0.710. The van der Waals surface area contributed by atoms with Crippen molar-refractivity contribution in [1.82, 2.24) is 15.0 Å². The normalized spacial score (nSPS) is 11.7. The van der Waals surface area contributed by atoms with Crippen LogP contribution in [0.3, 0.4) is 0 Å². The van der Waals surface area contributed by atoms with E-state index in [0.717, 1.165) is 21.4 Å². The first-order valence-corrected chi connectivity index (χ1v) is 7.68. The predicted molar refractivity (Wildman–Crippen MR) is 83.8 cm³/mol. The molecule has 0 bridgehead atoms. The van der Waals surface area contributed by atoms with Gasteiger partial charge in [0.25, 0.3) is 0 Å². The fourth-order valence-electron chi connectivity index (χ4n) is 1.43. The van der Waals surface area contributed by atoms with Crippen LogP contribution in [-0.2, 0) is 5.41 Å². The largest absolute Gasteiger partial charge is 0.248 e. The summed E-state index contributed by atoms with van der Waals surface area (Å²) >= 11 is 13.5. The van der Waals surface area contributed by atoms with Gasteiger partial charge >= 0.3 is 0 Å². The molecule has 0 radical (unpaired) electrons. The number of hydrogen-bond acceptors (Lipinski definition) is 4.